The molecule has 0 radical (unpaired) electrons. The van der Waals surface area contributed by atoms with Gasteiger partial charge in [-0.1, -0.05) is 0 Å². The molecule has 0 aromatic heterocycles. The quantitative estimate of drug-likeness (QED) is 0.514. The number of amides is 4. The summed E-state index contributed by atoms with van der Waals surface area (Å²) in [4.78, 5) is 51.1. The first-order chi connectivity index (χ1) is 9.95. The second kappa shape index (κ2) is 6.11. The zero-order valence-electron chi connectivity index (χ0n) is 12.2. The summed E-state index contributed by atoms with van der Waals surface area (Å²) in [7, 11) is 2.78. The van der Waals surface area contributed by atoms with Crippen LogP contribution in [0.15, 0.2) is 0 Å². The Bertz CT molecular complexity index is 478. The number of carbonyl (C=O) groups is 4. The highest BCUT2D eigenvalue weighted by atomic mass is 16.5. The molecule has 0 aromatic carbocycles. The molecule has 4 amide bonds. The first kappa shape index (κ1) is 15.3. The molecule has 2 heterocycles. The number of imide groups is 1. The molecule has 2 aliphatic rings. The lowest BCUT2D eigenvalue weighted by molar-refractivity contribution is -0.155. The molecule has 0 bridgehead atoms. The van der Waals surface area contributed by atoms with E-state index in [0.717, 1.165) is 17.7 Å². The Balaban J connectivity index is 2.06. The molecule has 2 rings (SSSR count). The van der Waals surface area contributed by atoms with Gasteiger partial charge in [0.25, 0.3) is 5.91 Å². The topological polar surface area (TPSA) is 87.2 Å². The van der Waals surface area contributed by atoms with E-state index < -0.39 is 29.9 Å². The Morgan fingerprint density at radius 3 is 2.57 bits per heavy atom. The van der Waals surface area contributed by atoms with Gasteiger partial charge >= 0.3 is 12.0 Å². The van der Waals surface area contributed by atoms with Crippen LogP contribution in [0.5, 0.6) is 0 Å². The Morgan fingerprint density at radius 2 is 2.00 bits per heavy atom. The summed E-state index contributed by atoms with van der Waals surface area (Å²) < 4.78 is 4.71. The van der Waals surface area contributed by atoms with Crippen molar-refractivity contribution in [3.63, 3.8) is 0 Å². The third kappa shape index (κ3) is 2.98. The number of urea groups is 1. The number of piperidine rings is 1. The van der Waals surface area contributed by atoms with Crippen LogP contribution in [-0.4, -0.2) is 78.3 Å². The molecule has 0 N–H and O–H groups in total. The molecular formula is C13H19N3O5. The van der Waals surface area contributed by atoms with Crippen LogP contribution in [0, 0.1) is 0 Å². The molecule has 2 aliphatic heterocycles. The third-order valence-electron chi connectivity index (χ3n) is 3.82. The largest absolute Gasteiger partial charge is 0.467 e. The van der Waals surface area contributed by atoms with E-state index in [9.17, 15) is 19.2 Å². The van der Waals surface area contributed by atoms with Crippen LogP contribution in [0.25, 0.3) is 0 Å². The van der Waals surface area contributed by atoms with Gasteiger partial charge in [0.1, 0.15) is 19.1 Å². The standard InChI is InChI=1S/C13H19N3O5/c1-14-7-10(17)16(13(14)20)8-11(18)15-6-4-3-5-9(15)12(19)21-2/h9H,3-8H2,1-2H3. The van der Waals surface area contributed by atoms with Crippen LogP contribution in [0.1, 0.15) is 19.3 Å². The van der Waals surface area contributed by atoms with Gasteiger partial charge in [-0.15, -0.1) is 0 Å². The number of nitrogens with zero attached hydrogens (tertiary/aromatic N) is 3. The van der Waals surface area contributed by atoms with Gasteiger partial charge in [-0.2, -0.15) is 0 Å². The summed E-state index contributed by atoms with van der Waals surface area (Å²) in [6, 6.07) is -1.11. The Labute approximate surface area is 122 Å². The maximum absolute atomic E-state index is 12.3. The maximum atomic E-state index is 12.3. The first-order valence-corrected chi connectivity index (χ1v) is 6.88. The van der Waals surface area contributed by atoms with Gasteiger partial charge < -0.3 is 14.5 Å². The molecule has 0 aliphatic carbocycles. The minimum Gasteiger partial charge on any atom is -0.467 e. The van der Waals surface area contributed by atoms with E-state index in [1.54, 1.807) is 0 Å². The number of carbonyl (C=O) groups excluding carboxylic acids is 4. The van der Waals surface area contributed by atoms with E-state index in [4.69, 9.17) is 4.74 Å². The zero-order valence-corrected chi connectivity index (χ0v) is 12.2. The predicted molar refractivity (Wildman–Crippen MR) is 71.1 cm³/mol. The highest BCUT2D eigenvalue weighted by molar-refractivity contribution is 6.04. The molecular weight excluding hydrogens is 278 g/mol. The van der Waals surface area contributed by atoms with Crippen molar-refractivity contribution in [1.82, 2.24) is 14.7 Å². The second-order valence-corrected chi connectivity index (χ2v) is 5.24. The summed E-state index contributed by atoms with van der Waals surface area (Å²) in [5, 5.41) is 0. The van der Waals surface area contributed by atoms with Crippen LogP contribution < -0.4 is 0 Å². The van der Waals surface area contributed by atoms with Crippen LogP contribution in [0.2, 0.25) is 0 Å². The molecule has 0 spiro atoms. The van der Waals surface area contributed by atoms with Crippen LogP contribution in [0.4, 0.5) is 4.79 Å². The average Bonchev–Trinajstić information content (AvgIpc) is 2.72. The van der Waals surface area contributed by atoms with Crippen molar-refractivity contribution in [2.45, 2.75) is 25.3 Å². The number of likely N-dealkylation sites (tertiary alicyclic amines) is 1. The lowest BCUT2D eigenvalue weighted by Crippen LogP contribution is -2.52. The van der Waals surface area contributed by atoms with Gasteiger partial charge in [-0.05, 0) is 19.3 Å². The maximum Gasteiger partial charge on any atom is 0.328 e. The van der Waals surface area contributed by atoms with Crippen molar-refractivity contribution in [1.29, 1.82) is 0 Å². The number of esters is 1. The third-order valence-corrected chi connectivity index (χ3v) is 3.82. The summed E-state index contributed by atoms with van der Waals surface area (Å²) in [6.45, 7) is 0.0900. The lowest BCUT2D eigenvalue weighted by atomic mass is 10.0. The predicted octanol–water partition coefficient (Wildman–Crippen LogP) is -0.565. The Morgan fingerprint density at radius 1 is 1.29 bits per heavy atom. The van der Waals surface area contributed by atoms with Crippen LogP contribution in [-0.2, 0) is 19.1 Å². The van der Waals surface area contributed by atoms with E-state index in [2.05, 4.69) is 0 Å². The molecule has 116 valence electrons. The number of methoxy groups -OCH3 is 1. The van der Waals surface area contributed by atoms with E-state index in [-0.39, 0.29) is 13.1 Å². The molecule has 1 unspecified atom stereocenters. The molecule has 1 atom stereocenters. The van der Waals surface area contributed by atoms with Crippen molar-refractivity contribution in [2.24, 2.45) is 0 Å². The lowest BCUT2D eigenvalue weighted by Gasteiger charge is -2.34. The smallest absolute Gasteiger partial charge is 0.328 e. The van der Waals surface area contributed by atoms with Gasteiger partial charge in [-0.3, -0.25) is 14.5 Å². The minimum absolute atomic E-state index is 0.0213. The van der Waals surface area contributed by atoms with Crippen LogP contribution in [0.3, 0.4) is 0 Å². The molecule has 8 heteroatoms. The first-order valence-electron chi connectivity index (χ1n) is 6.88. The summed E-state index contributed by atoms with van der Waals surface area (Å²) in [5.41, 5.74) is 0. The fourth-order valence-corrected chi connectivity index (χ4v) is 2.66. The van der Waals surface area contributed by atoms with Gasteiger partial charge in [0, 0.05) is 13.6 Å². The van der Waals surface area contributed by atoms with Crippen molar-refractivity contribution in [3.8, 4) is 0 Å². The second-order valence-electron chi connectivity index (χ2n) is 5.24. The normalized spacial score (nSPS) is 22.8. The minimum atomic E-state index is -0.623. The zero-order chi connectivity index (χ0) is 15.6. The summed E-state index contributed by atoms with van der Waals surface area (Å²) in [5.74, 6) is -1.26. The van der Waals surface area contributed by atoms with Crippen molar-refractivity contribution < 1.29 is 23.9 Å². The van der Waals surface area contributed by atoms with Gasteiger partial charge in [0.15, 0.2) is 0 Å². The highest BCUT2D eigenvalue weighted by Crippen LogP contribution is 2.19. The number of hydrogen-bond donors (Lipinski definition) is 0. The van der Waals surface area contributed by atoms with Crippen molar-refractivity contribution in [3.05, 3.63) is 0 Å². The van der Waals surface area contributed by atoms with E-state index >= 15 is 0 Å². The number of hydrogen-bond acceptors (Lipinski definition) is 5. The van der Waals surface area contributed by atoms with E-state index in [0.29, 0.717) is 13.0 Å². The van der Waals surface area contributed by atoms with Crippen molar-refractivity contribution >= 4 is 23.8 Å². The molecule has 8 nitrogen and oxygen atoms in total. The van der Waals surface area contributed by atoms with E-state index in [1.807, 2.05) is 0 Å². The molecule has 2 saturated heterocycles. The van der Waals surface area contributed by atoms with Crippen molar-refractivity contribution in [2.75, 3.05) is 33.8 Å². The van der Waals surface area contributed by atoms with Gasteiger partial charge in [0.2, 0.25) is 5.91 Å². The monoisotopic (exact) mass is 297 g/mol. The molecule has 21 heavy (non-hydrogen) atoms. The molecule has 0 aromatic rings. The Kier molecular flexibility index (Phi) is 4.44. The molecule has 2 fully saturated rings. The number of ether oxygens (including phenoxy) is 1. The van der Waals surface area contributed by atoms with Crippen LogP contribution >= 0.6 is 0 Å². The Hall–Kier alpha value is -2.12. The average molecular weight is 297 g/mol. The summed E-state index contributed by atoms with van der Waals surface area (Å²) >= 11 is 0. The SMILES string of the molecule is COC(=O)C1CCCCN1C(=O)CN1C(=O)CN(C)C1=O. The summed E-state index contributed by atoms with van der Waals surface area (Å²) in [6.07, 6.45) is 2.18. The molecule has 0 saturated carbocycles. The van der Waals surface area contributed by atoms with Gasteiger partial charge in [0.05, 0.1) is 7.11 Å². The van der Waals surface area contributed by atoms with Gasteiger partial charge in [-0.25, -0.2) is 9.59 Å². The highest BCUT2D eigenvalue weighted by Gasteiger charge is 2.38. The van der Waals surface area contributed by atoms with E-state index in [1.165, 1.54) is 24.0 Å². The fraction of sp³-hybridized carbons (Fsp3) is 0.692. The fourth-order valence-electron chi connectivity index (χ4n) is 2.66. The number of likely N-dealkylation sites (N-methyl/N-ethyl adjacent to an activating group) is 1. The number of rotatable bonds is 3.